The monoisotopic (exact) mass is 389 g/mol. The Hall–Kier alpha value is -2.45. The largest absolute Gasteiger partial charge is 0.496 e. The van der Waals surface area contributed by atoms with Gasteiger partial charge in [-0.3, -0.25) is 9.78 Å². The number of hydrogen-bond acceptors (Lipinski definition) is 5. The van der Waals surface area contributed by atoms with Gasteiger partial charge in [-0.05, 0) is 49.6 Å². The highest BCUT2D eigenvalue weighted by molar-refractivity contribution is 7.89. The fraction of sp³-hybridized carbons (Fsp3) is 0.368. The number of pyridine rings is 1. The summed E-state index contributed by atoms with van der Waals surface area (Å²) in [6.07, 6.45) is 4.62. The van der Waals surface area contributed by atoms with E-state index >= 15 is 0 Å². The number of benzene rings is 1. The quantitative estimate of drug-likeness (QED) is 0.818. The van der Waals surface area contributed by atoms with Crippen LogP contribution in [-0.4, -0.2) is 44.4 Å². The molecule has 1 aromatic heterocycles. The predicted octanol–water partition coefficient (Wildman–Crippen LogP) is 2.19. The lowest BCUT2D eigenvalue weighted by atomic mass is 10.1. The fourth-order valence-electron chi connectivity index (χ4n) is 3.04. The van der Waals surface area contributed by atoms with E-state index < -0.39 is 10.0 Å². The summed E-state index contributed by atoms with van der Waals surface area (Å²) in [6.45, 7) is 1.43. The van der Waals surface area contributed by atoms with Crippen LogP contribution in [0.1, 0.15) is 35.3 Å². The van der Waals surface area contributed by atoms with Crippen LogP contribution in [0.4, 0.5) is 0 Å². The van der Waals surface area contributed by atoms with Crippen LogP contribution in [0.2, 0.25) is 0 Å². The first-order valence-electron chi connectivity index (χ1n) is 8.88. The number of rotatable bonds is 6. The predicted molar refractivity (Wildman–Crippen MR) is 101 cm³/mol. The number of likely N-dealkylation sites (tertiary alicyclic amines) is 1. The first-order chi connectivity index (χ1) is 13.0. The molecule has 1 saturated heterocycles. The molecule has 1 aliphatic rings. The zero-order valence-corrected chi connectivity index (χ0v) is 16.0. The van der Waals surface area contributed by atoms with Crippen molar-refractivity contribution in [3.8, 4) is 5.75 Å². The van der Waals surface area contributed by atoms with Crippen molar-refractivity contribution in [2.75, 3.05) is 20.2 Å². The normalized spacial score (nSPS) is 14.8. The molecule has 1 amide bonds. The van der Waals surface area contributed by atoms with Crippen molar-refractivity contribution in [2.45, 2.75) is 30.7 Å². The number of carbonyl (C=O) groups is 1. The third-order valence-corrected chi connectivity index (χ3v) is 5.92. The molecule has 1 aliphatic heterocycles. The van der Waals surface area contributed by atoms with Crippen molar-refractivity contribution in [1.82, 2.24) is 14.6 Å². The van der Waals surface area contributed by atoms with E-state index in [1.807, 2.05) is 0 Å². The van der Waals surface area contributed by atoms with Crippen LogP contribution in [0.5, 0.6) is 5.75 Å². The van der Waals surface area contributed by atoms with E-state index in [9.17, 15) is 13.2 Å². The van der Waals surface area contributed by atoms with E-state index in [0.717, 1.165) is 19.3 Å². The summed E-state index contributed by atoms with van der Waals surface area (Å²) in [5.74, 6) is 0.169. The molecule has 0 atom stereocenters. The molecule has 27 heavy (non-hydrogen) atoms. The van der Waals surface area contributed by atoms with Crippen LogP contribution >= 0.6 is 0 Å². The maximum absolute atomic E-state index is 12.9. The molecule has 0 radical (unpaired) electrons. The molecule has 1 N–H and O–H groups in total. The summed E-state index contributed by atoms with van der Waals surface area (Å²) < 4.78 is 33.1. The van der Waals surface area contributed by atoms with Gasteiger partial charge in [0.2, 0.25) is 10.0 Å². The highest BCUT2D eigenvalue weighted by Crippen LogP contribution is 2.25. The fourth-order valence-corrected chi connectivity index (χ4v) is 4.07. The van der Waals surface area contributed by atoms with Gasteiger partial charge in [0.25, 0.3) is 5.91 Å². The zero-order valence-electron chi connectivity index (χ0n) is 15.2. The van der Waals surface area contributed by atoms with Crippen molar-refractivity contribution in [2.24, 2.45) is 0 Å². The Morgan fingerprint density at radius 1 is 1.19 bits per heavy atom. The van der Waals surface area contributed by atoms with Gasteiger partial charge in [-0.2, -0.15) is 0 Å². The van der Waals surface area contributed by atoms with Gasteiger partial charge < -0.3 is 9.64 Å². The zero-order chi connectivity index (χ0) is 19.3. The Morgan fingerprint density at radius 2 is 1.96 bits per heavy atom. The van der Waals surface area contributed by atoms with Crippen LogP contribution < -0.4 is 9.46 Å². The molecule has 0 unspecified atom stereocenters. The van der Waals surface area contributed by atoms with Gasteiger partial charge in [0.1, 0.15) is 5.75 Å². The van der Waals surface area contributed by atoms with E-state index in [4.69, 9.17) is 4.74 Å². The van der Waals surface area contributed by atoms with E-state index in [1.54, 1.807) is 29.3 Å². The van der Waals surface area contributed by atoms with Crippen LogP contribution in [0.3, 0.4) is 0 Å². The molecule has 3 rings (SSSR count). The number of methoxy groups -OCH3 is 1. The first kappa shape index (κ1) is 19.3. The van der Waals surface area contributed by atoms with Gasteiger partial charge in [-0.15, -0.1) is 0 Å². The average molecular weight is 389 g/mol. The Kier molecular flexibility index (Phi) is 6.08. The second kappa shape index (κ2) is 8.49. The van der Waals surface area contributed by atoms with Crippen molar-refractivity contribution >= 4 is 15.9 Å². The number of piperidine rings is 1. The molecule has 2 aromatic rings. The van der Waals surface area contributed by atoms with Gasteiger partial charge in [-0.1, -0.05) is 6.07 Å². The summed E-state index contributed by atoms with van der Waals surface area (Å²) >= 11 is 0. The van der Waals surface area contributed by atoms with Crippen molar-refractivity contribution in [3.63, 3.8) is 0 Å². The van der Waals surface area contributed by atoms with Gasteiger partial charge in [0, 0.05) is 19.3 Å². The third kappa shape index (κ3) is 4.64. The van der Waals surface area contributed by atoms with Crippen molar-refractivity contribution in [3.05, 3.63) is 53.9 Å². The summed E-state index contributed by atoms with van der Waals surface area (Å²) in [7, 11) is -2.32. The molecule has 8 heteroatoms. The Balaban J connectivity index is 1.84. The summed E-state index contributed by atoms with van der Waals surface area (Å²) in [5.41, 5.74) is 0.874. The number of amides is 1. The molecule has 144 valence electrons. The van der Waals surface area contributed by atoms with Gasteiger partial charge >= 0.3 is 0 Å². The maximum Gasteiger partial charge on any atom is 0.257 e. The number of sulfonamides is 1. The van der Waals surface area contributed by atoms with E-state index in [1.165, 1.54) is 25.3 Å². The summed E-state index contributed by atoms with van der Waals surface area (Å²) in [4.78, 5) is 18.7. The second-order valence-corrected chi connectivity index (χ2v) is 8.13. The molecular formula is C19H23N3O4S. The lowest BCUT2D eigenvalue weighted by Gasteiger charge is -2.27. The number of aromatic nitrogens is 1. The van der Waals surface area contributed by atoms with Crippen LogP contribution in [-0.2, 0) is 16.6 Å². The van der Waals surface area contributed by atoms with Gasteiger partial charge in [0.05, 0.1) is 29.8 Å². The highest BCUT2D eigenvalue weighted by Gasteiger charge is 2.24. The van der Waals surface area contributed by atoms with E-state index in [0.29, 0.717) is 24.5 Å². The number of hydrogen-bond donors (Lipinski definition) is 1. The standard InChI is InChI=1S/C19H23N3O4S/c1-26-18-9-8-16(13-17(18)19(23)22-11-5-2-6-12-22)27(24,25)21-14-15-7-3-4-10-20-15/h3-4,7-10,13,21H,2,5-6,11-12,14H2,1H3. The molecule has 7 nitrogen and oxygen atoms in total. The number of nitrogens with zero attached hydrogens (tertiary/aromatic N) is 2. The molecule has 0 aliphatic carbocycles. The minimum atomic E-state index is -3.79. The van der Waals surface area contributed by atoms with Gasteiger partial charge in [0.15, 0.2) is 0 Å². The SMILES string of the molecule is COc1ccc(S(=O)(=O)NCc2ccccn2)cc1C(=O)N1CCCCC1. The maximum atomic E-state index is 12.9. The second-order valence-electron chi connectivity index (χ2n) is 6.36. The molecule has 1 fully saturated rings. The molecule has 0 saturated carbocycles. The molecule has 1 aromatic carbocycles. The van der Waals surface area contributed by atoms with Crippen molar-refractivity contribution < 1.29 is 17.9 Å². The summed E-state index contributed by atoms with van der Waals surface area (Å²) in [6, 6.07) is 9.64. The Bertz CT molecular complexity index is 894. The topological polar surface area (TPSA) is 88.6 Å². The average Bonchev–Trinajstić information content (AvgIpc) is 2.72. The third-order valence-electron chi connectivity index (χ3n) is 4.52. The highest BCUT2D eigenvalue weighted by atomic mass is 32.2. The molecular weight excluding hydrogens is 366 g/mol. The Morgan fingerprint density at radius 3 is 2.63 bits per heavy atom. The van der Waals surface area contributed by atoms with Crippen molar-refractivity contribution in [1.29, 1.82) is 0 Å². The van der Waals surface area contributed by atoms with Crippen LogP contribution in [0.15, 0.2) is 47.5 Å². The van der Waals surface area contributed by atoms with Gasteiger partial charge in [-0.25, -0.2) is 13.1 Å². The minimum absolute atomic E-state index is 0.0274. The minimum Gasteiger partial charge on any atom is -0.496 e. The Labute approximate surface area is 159 Å². The van der Waals surface area contributed by atoms with Crippen LogP contribution in [0, 0.1) is 0 Å². The van der Waals surface area contributed by atoms with E-state index in [-0.39, 0.29) is 22.9 Å². The molecule has 0 spiro atoms. The lowest BCUT2D eigenvalue weighted by Crippen LogP contribution is -2.36. The first-order valence-corrected chi connectivity index (χ1v) is 10.4. The molecule has 2 heterocycles. The number of carbonyl (C=O) groups excluding carboxylic acids is 1. The number of ether oxygens (including phenoxy) is 1. The number of nitrogens with one attached hydrogen (secondary N) is 1. The smallest absolute Gasteiger partial charge is 0.257 e. The van der Waals surface area contributed by atoms with E-state index in [2.05, 4.69) is 9.71 Å². The summed E-state index contributed by atoms with van der Waals surface area (Å²) in [5, 5.41) is 0. The van der Waals surface area contributed by atoms with Crippen LogP contribution in [0.25, 0.3) is 0 Å². The lowest BCUT2D eigenvalue weighted by molar-refractivity contribution is 0.0720. The molecule has 0 bridgehead atoms.